The van der Waals surface area contributed by atoms with Crippen LogP contribution in [0.5, 0.6) is 0 Å². The first-order chi connectivity index (χ1) is 11.7. The fourth-order valence-corrected chi connectivity index (χ4v) is 3.67. The predicted molar refractivity (Wildman–Crippen MR) is 89.1 cm³/mol. The van der Waals surface area contributed by atoms with Gasteiger partial charge in [-0.25, -0.2) is 4.63 Å². The van der Waals surface area contributed by atoms with Crippen molar-refractivity contribution in [2.24, 2.45) is 0 Å². The van der Waals surface area contributed by atoms with Gasteiger partial charge in [0.1, 0.15) is 0 Å². The van der Waals surface area contributed by atoms with Gasteiger partial charge >= 0.3 is 0 Å². The van der Waals surface area contributed by atoms with E-state index in [2.05, 4.69) is 30.5 Å². The van der Waals surface area contributed by atoms with Crippen LogP contribution in [0.1, 0.15) is 39.0 Å². The molecule has 3 N–H and O–H groups in total. The van der Waals surface area contributed by atoms with Crippen molar-refractivity contribution >= 4 is 23.5 Å². The monoisotopic (exact) mass is 351 g/mol. The van der Waals surface area contributed by atoms with E-state index in [-0.39, 0.29) is 11.7 Å². The largest absolute Gasteiger partial charge is 0.379 e. The Morgan fingerprint density at radius 3 is 2.79 bits per heavy atom. The molecule has 0 unspecified atom stereocenters. The maximum atomic E-state index is 12.1. The zero-order chi connectivity index (χ0) is 16.9. The second-order valence-corrected chi connectivity index (χ2v) is 6.68. The van der Waals surface area contributed by atoms with Gasteiger partial charge in [0.05, 0.1) is 5.75 Å². The molecule has 0 radical (unpaired) electrons. The molecule has 1 aliphatic carbocycles. The molecule has 1 fully saturated rings. The molecule has 2 heterocycles. The summed E-state index contributed by atoms with van der Waals surface area (Å²) in [5.74, 6) is 0.998. The van der Waals surface area contributed by atoms with Crippen LogP contribution < -0.4 is 11.1 Å². The van der Waals surface area contributed by atoms with E-state index in [1.54, 1.807) is 0 Å². The molecule has 130 valence electrons. The van der Waals surface area contributed by atoms with Crippen molar-refractivity contribution in [3.05, 3.63) is 0 Å². The number of carbonyl (C=O) groups excluding carboxylic acids is 1. The Morgan fingerprint density at radius 1 is 1.33 bits per heavy atom. The molecular formula is C14H21N7O2S. The molecule has 1 saturated carbocycles. The van der Waals surface area contributed by atoms with E-state index in [9.17, 15) is 4.79 Å². The summed E-state index contributed by atoms with van der Waals surface area (Å²) in [7, 11) is 0. The Kier molecular flexibility index (Phi) is 5.34. The lowest BCUT2D eigenvalue weighted by molar-refractivity contribution is -0.119. The van der Waals surface area contributed by atoms with Gasteiger partial charge in [-0.15, -0.1) is 10.2 Å². The van der Waals surface area contributed by atoms with Crippen molar-refractivity contribution in [3.8, 4) is 11.5 Å². The Hall–Kier alpha value is -2.10. The first-order valence-electron chi connectivity index (χ1n) is 8.12. The Balaban J connectivity index is 1.62. The number of amides is 1. The standard InChI is InChI=1S/C14H21N7O2S/c1-2-21-13(11-12(15)20-23-19-11)17-18-14(21)24-8-10(22)16-9-6-4-3-5-7-9/h9H,2-8H2,1H3,(H2,15,20)(H,16,22). The van der Waals surface area contributed by atoms with Crippen LogP contribution in [0.15, 0.2) is 9.79 Å². The van der Waals surface area contributed by atoms with Gasteiger partial charge in [-0.05, 0) is 30.1 Å². The van der Waals surface area contributed by atoms with E-state index >= 15 is 0 Å². The number of nitrogen functional groups attached to an aromatic ring is 1. The average molecular weight is 351 g/mol. The quantitative estimate of drug-likeness (QED) is 0.750. The number of hydrogen-bond donors (Lipinski definition) is 2. The van der Waals surface area contributed by atoms with Gasteiger partial charge in [0.2, 0.25) is 5.91 Å². The number of aromatic nitrogens is 5. The maximum absolute atomic E-state index is 12.1. The highest BCUT2D eigenvalue weighted by atomic mass is 32.2. The van der Waals surface area contributed by atoms with E-state index in [0.29, 0.717) is 35.0 Å². The summed E-state index contributed by atoms with van der Waals surface area (Å²) >= 11 is 1.35. The molecule has 3 rings (SSSR count). The molecule has 0 spiro atoms. The van der Waals surface area contributed by atoms with Crippen molar-refractivity contribution < 1.29 is 9.42 Å². The van der Waals surface area contributed by atoms with Crippen LogP contribution in [0, 0.1) is 0 Å². The summed E-state index contributed by atoms with van der Waals surface area (Å²) in [5.41, 5.74) is 6.08. The van der Waals surface area contributed by atoms with E-state index in [0.717, 1.165) is 12.8 Å². The van der Waals surface area contributed by atoms with E-state index in [1.807, 2.05) is 11.5 Å². The molecule has 0 atom stereocenters. The summed E-state index contributed by atoms with van der Waals surface area (Å²) in [6.07, 6.45) is 5.80. The molecule has 2 aromatic heterocycles. The smallest absolute Gasteiger partial charge is 0.230 e. The predicted octanol–water partition coefficient (Wildman–Crippen LogP) is 1.47. The number of nitrogens with zero attached hydrogens (tertiary/aromatic N) is 5. The van der Waals surface area contributed by atoms with Crippen LogP contribution in [0.3, 0.4) is 0 Å². The second-order valence-electron chi connectivity index (χ2n) is 5.74. The number of rotatable bonds is 6. The maximum Gasteiger partial charge on any atom is 0.230 e. The summed E-state index contributed by atoms with van der Waals surface area (Å²) in [5, 5.41) is 19.3. The van der Waals surface area contributed by atoms with Gasteiger partial charge in [0, 0.05) is 12.6 Å². The molecule has 2 aromatic rings. The lowest BCUT2D eigenvalue weighted by atomic mass is 9.95. The van der Waals surface area contributed by atoms with Crippen LogP contribution in [0.2, 0.25) is 0 Å². The summed E-state index contributed by atoms with van der Waals surface area (Å²) in [4.78, 5) is 12.1. The zero-order valence-corrected chi connectivity index (χ0v) is 14.4. The van der Waals surface area contributed by atoms with Crippen LogP contribution in [0.4, 0.5) is 5.82 Å². The van der Waals surface area contributed by atoms with Crippen molar-refractivity contribution in [2.45, 2.75) is 56.8 Å². The molecular weight excluding hydrogens is 330 g/mol. The van der Waals surface area contributed by atoms with Gasteiger partial charge in [0.15, 0.2) is 22.5 Å². The summed E-state index contributed by atoms with van der Waals surface area (Å²) in [6, 6.07) is 0.312. The molecule has 0 aromatic carbocycles. The summed E-state index contributed by atoms with van der Waals surface area (Å²) < 4.78 is 6.46. The average Bonchev–Trinajstić information content (AvgIpc) is 3.19. The van der Waals surface area contributed by atoms with E-state index in [1.165, 1.54) is 31.0 Å². The van der Waals surface area contributed by atoms with Gasteiger partial charge < -0.3 is 15.6 Å². The number of hydrogen-bond acceptors (Lipinski definition) is 8. The van der Waals surface area contributed by atoms with Crippen molar-refractivity contribution in [1.82, 2.24) is 30.4 Å². The Morgan fingerprint density at radius 2 is 2.12 bits per heavy atom. The minimum atomic E-state index is 0.0294. The van der Waals surface area contributed by atoms with Crippen LogP contribution >= 0.6 is 11.8 Å². The minimum absolute atomic E-state index is 0.0294. The number of nitrogens with two attached hydrogens (primary N) is 1. The number of carbonyl (C=O) groups is 1. The second kappa shape index (κ2) is 7.65. The van der Waals surface area contributed by atoms with Gasteiger partial charge in [-0.1, -0.05) is 31.0 Å². The first kappa shape index (κ1) is 16.7. The van der Waals surface area contributed by atoms with Crippen molar-refractivity contribution in [1.29, 1.82) is 0 Å². The van der Waals surface area contributed by atoms with Crippen LogP contribution in [-0.4, -0.2) is 42.8 Å². The molecule has 24 heavy (non-hydrogen) atoms. The fourth-order valence-electron chi connectivity index (χ4n) is 2.85. The molecule has 1 amide bonds. The molecule has 1 aliphatic rings. The Bertz CT molecular complexity index is 693. The highest BCUT2D eigenvalue weighted by Crippen LogP contribution is 2.25. The molecule has 0 aliphatic heterocycles. The lowest BCUT2D eigenvalue weighted by Gasteiger charge is -2.22. The third-order valence-corrected chi connectivity index (χ3v) is 5.03. The molecule has 0 bridgehead atoms. The summed E-state index contributed by atoms with van der Waals surface area (Å²) in [6.45, 7) is 2.59. The molecule has 0 saturated heterocycles. The Labute approximate surface area is 143 Å². The normalized spacial score (nSPS) is 15.5. The van der Waals surface area contributed by atoms with Crippen molar-refractivity contribution in [2.75, 3.05) is 11.5 Å². The topological polar surface area (TPSA) is 125 Å². The van der Waals surface area contributed by atoms with E-state index in [4.69, 9.17) is 5.73 Å². The van der Waals surface area contributed by atoms with Crippen molar-refractivity contribution in [3.63, 3.8) is 0 Å². The van der Waals surface area contributed by atoms with Crippen LogP contribution in [0.25, 0.3) is 11.5 Å². The minimum Gasteiger partial charge on any atom is -0.379 e. The molecule has 9 nitrogen and oxygen atoms in total. The fraction of sp³-hybridized carbons (Fsp3) is 0.643. The number of nitrogens with one attached hydrogen (secondary N) is 1. The molecule has 10 heteroatoms. The lowest BCUT2D eigenvalue weighted by Crippen LogP contribution is -2.37. The SMILES string of the molecule is CCn1c(SCC(=O)NC2CCCCC2)nnc1-c1nonc1N. The number of anilines is 1. The third kappa shape index (κ3) is 3.69. The third-order valence-electron chi connectivity index (χ3n) is 4.06. The van der Waals surface area contributed by atoms with Gasteiger partial charge in [-0.3, -0.25) is 4.79 Å². The first-order valence-corrected chi connectivity index (χ1v) is 9.11. The van der Waals surface area contributed by atoms with E-state index < -0.39 is 0 Å². The highest BCUT2D eigenvalue weighted by molar-refractivity contribution is 7.99. The zero-order valence-electron chi connectivity index (χ0n) is 13.6. The number of thioether (sulfide) groups is 1. The van der Waals surface area contributed by atoms with Gasteiger partial charge in [-0.2, -0.15) is 0 Å². The highest BCUT2D eigenvalue weighted by Gasteiger charge is 2.21. The van der Waals surface area contributed by atoms with Crippen LogP contribution in [-0.2, 0) is 11.3 Å². The van der Waals surface area contributed by atoms with Gasteiger partial charge in [0.25, 0.3) is 0 Å².